The van der Waals surface area contributed by atoms with Crippen LogP contribution in [0.25, 0.3) is 0 Å². The lowest BCUT2D eigenvalue weighted by Crippen LogP contribution is -2.39. The maximum Gasteiger partial charge on any atom is 0.154 e. The third kappa shape index (κ3) is 2.38. The highest BCUT2D eigenvalue weighted by Crippen LogP contribution is 2.26. The molecule has 3 atom stereocenters. The van der Waals surface area contributed by atoms with E-state index in [1.807, 2.05) is 0 Å². The van der Waals surface area contributed by atoms with Gasteiger partial charge < -0.3 is 5.32 Å². The van der Waals surface area contributed by atoms with Gasteiger partial charge in [0.2, 0.25) is 0 Å². The van der Waals surface area contributed by atoms with Crippen LogP contribution in [0.15, 0.2) is 0 Å². The summed E-state index contributed by atoms with van der Waals surface area (Å²) in [5, 5.41) is 12.0. The maximum absolute atomic E-state index is 11.6. The van der Waals surface area contributed by atoms with E-state index in [4.69, 9.17) is 5.26 Å². The first-order chi connectivity index (χ1) is 7.63. The Balaban J connectivity index is 1.86. The predicted octanol–water partition coefficient (Wildman–Crippen LogP) is 0.845. The molecule has 16 heavy (non-hydrogen) atoms. The zero-order valence-electron chi connectivity index (χ0n) is 9.35. The number of hydrogen-bond donors (Lipinski definition) is 1. The van der Waals surface area contributed by atoms with Crippen LogP contribution in [-0.2, 0) is 9.84 Å². The minimum Gasteiger partial charge on any atom is -0.311 e. The molecule has 2 rings (SSSR count). The van der Waals surface area contributed by atoms with Crippen molar-refractivity contribution in [2.45, 2.75) is 43.4 Å². The van der Waals surface area contributed by atoms with Gasteiger partial charge in [-0.25, -0.2) is 8.42 Å². The lowest BCUT2D eigenvalue weighted by molar-refractivity contribution is 0.457. The van der Waals surface area contributed by atoms with Crippen LogP contribution in [0.5, 0.6) is 0 Å². The van der Waals surface area contributed by atoms with Crippen LogP contribution in [0, 0.1) is 17.2 Å². The lowest BCUT2D eigenvalue weighted by Gasteiger charge is -2.18. The van der Waals surface area contributed by atoms with E-state index in [-0.39, 0.29) is 17.2 Å². The Morgan fingerprint density at radius 3 is 2.69 bits per heavy atom. The molecule has 1 aliphatic carbocycles. The zero-order valence-corrected chi connectivity index (χ0v) is 10.2. The summed E-state index contributed by atoms with van der Waals surface area (Å²) in [6.07, 6.45) is 4.60. The molecule has 0 aromatic heterocycles. The van der Waals surface area contributed by atoms with Crippen molar-refractivity contribution < 1.29 is 8.42 Å². The lowest BCUT2D eigenvalue weighted by atomic mass is 10.1. The smallest absolute Gasteiger partial charge is 0.154 e. The minimum absolute atomic E-state index is 0.0732. The average Bonchev–Trinajstić information content (AvgIpc) is 2.81. The van der Waals surface area contributed by atoms with E-state index in [2.05, 4.69) is 11.4 Å². The molecular weight excluding hydrogens is 224 g/mol. The maximum atomic E-state index is 11.6. The van der Waals surface area contributed by atoms with Crippen LogP contribution in [0.2, 0.25) is 0 Å². The molecule has 1 saturated carbocycles. The van der Waals surface area contributed by atoms with Gasteiger partial charge >= 0.3 is 0 Å². The summed E-state index contributed by atoms with van der Waals surface area (Å²) in [5.41, 5.74) is 0. The summed E-state index contributed by atoms with van der Waals surface area (Å²) in [7, 11) is -2.85. The number of nitriles is 1. The van der Waals surface area contributed by atoms with Gasteiger partial charge in [-0.1, -0.05) is 6.42 Å². The van der Waals surface area contributed by atoms with Crippen molar-refractivity contribution in [1.29, 1.82) is 5.26 Å². The van der Waals surface area contributed by atoms with Gasteiger partial charge in [0, 0.05) is 12.6 Å². The number of nitrogens with one attached hydrogen (secondary N) is 1. The van der Waals surface area contributed by atoms with E-state index in [0.29, 0.717) is 12.3 Å². The summed E-state index contributed by atoms with van der Waals surface area (Å²) < 4.78 is 23.2. The summed E-state index contributed by atoms with van der Waals surface area (Å²) in [6.45, 7) is 0.533. The van der Waals surface area contributed by atoms with E-state index in [1.54, 1.807) is 0 Å². The fourth-order valence-corrected chi connectivity index (χ4v) is 4.51. The van der Waals surface area contributed by atoms with Gasteiger partial charge in [-0.15, -0.1) is 0 Å². The molecule has 0 radical (unpaired) electrons. The topological polar surface area (TPSA) is 70.0 Å². The third-order valence-electron chi connectivity index (χ3n) is 3.75. The fraction of sp³-hybridized carbons (Fsp3) is 0.909. The van der Waals surface area contributed by atoms with Gasteiger partial charge in [0.15, 0.2) is 9.84 Å². The molecule has 90 valence electrons. The molecule has 5 heteroatoms. The van der Waals surface area contributed by atoms with E-state index in [9.17, 15) is 8.42 Å². The van der Waals surface area contributed by atoms with Crippen LogP contribution in [0.3, 0.4) is 0 Å². The third-order valence-corrected chi connectivity index (χ3v) is 6.03. The molecule has 1 saturated heterocycles. The Kier molecular flexibility index (Phi) is 3.50. The highest BCUT2D eigenvalue weighted by atomic mass is 32.2. The molecule has 1 aliphatic heterocycles. The Morgan fingerprint density at radius 2 is 2.06 bits per heavy atom. The van der Waals surface area contributed by atoms with Gasteiger partial charge in [0.25, 0.3) is 0 Å². The van der Waals surface area contributed by atoms with Crippen molar-refractivity contribution in [2.24, 2.45) is 5.92 Å². The van der Waals surface area contributed by atoms with Crippen molar-refractivity contribution in [3.05, 3.63) is 0 Å². The molecule has 0 spiro atoms. The molecule has 0 aromatic carbocycles. The van der Waals surface area contributed by atoms with E-state index < -0.39 is 9.84 Å². The number of nitrogens with zero attached hydrogens (tertiary/aromatic N) is 1. The first-order valence-corrected chi connectivity index (χ1v) is 7.69. The van der Waals surface area contributed by atoms with E-state index in [0.717, 1.165) is 32.1 Å². The molecule has 0 aromatic rings. The predicted molar refractivity (Wildman–Crippen MR) is 61.6 cm³/mol. The average molecular weight is 242 g/mol. The highest BCUT2D eigenvalue weighted by Gasteiger charge is 2.33. The summed E-state index contributed by atoms with van der Waals surface area (Å²) in [6, 6.07) is 2.51. The van der Waals surface area contributed by atoms with Gasteiger partial charge in [0.1, 0.15) is 0 Å². The Labute approximate surface area is 96.9 Å². The Bertz CT molecular complexity index is 385. The quantitative estimate of drug-likeness (QED) is 0.796. The largest absolute Gasteiger partial charge is 0.311 e. The monoisotopic (exact) mass is 242 g/mol. The molecule has 2 fully saturated rings. The van der Waals surface area contributed by atoms with Crippen molar-refractivity contribution in [2.75, 3.05) is 12.3 Å². The fourth-order valence-electron chi connectivity index (χ4n) is 2.73. The van der Waals surface area contributed by atoms with E-state index in [1.165, 1.54) is 0 Å². The molecule has 0 bridgehead atoms. The molecule has 0 amide bonds. The van der Waals surface area contributed by atoms with E-state index >= 15 is 0 Å². The summed E-state index contributed by atoms with van der Waals surface area (Å²) in [5.74, 6) is 0.412. The molecule has 1 heterocycles. The van der Waals surface area contributed by atoms with Crippen molar-refractivity contribution in [3.63, 3.8) is 0 Å². The highest BCUT2D eigenvalue weighted by molar-refractivity contribution is 7.92. The van der Waals surface area contributed by atoms with Gasteiger partial charge in [0.05, 0.1) is 23.0 Å². The summed E-state index contributed by atoms with van der Waals surface area (Å²) in [4.78, 5) is 0. The second-order valence-electron chi connectivity index (χ2n) is 4.81. The number of sulfone groups is 1. The first-order valence-electron chi connectivity index (χ1n) is 5.98. The van der Waals surface area contributed by atoms with Crippen LogP contribution >= 0.6 is 0 Å². The van der Waals surface area contributed by atoms with Crippen LogP contribution in [0.1, 0.15) is 32.1 Å². The molecule has 1 N–H and O–H groups in total. The Hall–Kier alpha value is -0.600. The molecule has 4 nitrogen and oxygen atoms in total. The molecular formula is C11H18N2O2S. The SMILES string of the molecule is N#CC1CCCC1NCC1CCCS1(=O)=O. The van der Waals surface area contributed by atoms with Gasteiger partial charge in [-0.05, 0) is 25.7 Å². The molecule has 2 aliphatic rings. The normalized spacial score (nSPS) is 37.3. The van der Waals surface area contributed by atoms with Crippen LogP contribution in [-0.4, -0.2) is 32.0 Å². The van der Waals surface area contributed by atoms with Crippen LogP contribution < -0.4 is 5.32 Å². The van der Waals surface area contributed by atoms with Crippen LogP contribution in [0.4, 0.5) is 0 Å². The first kappa shape index (κ1) is 11.9. The standard InChI is InChI=1S/C11H18N2O2S/c12-7-9-3-1-5-11(9)13-8-10-4-2-6-16(10,14)15/h9-11,13H,1-6,8H2. The van der Waals surface area contributed by atoms with Crippen molar-refractivity contribution >= 4 is 9.84 Å². The second kappa shape index (κ2) is 4.72. The van der Waals surface area contributed by atoms with Crippen molar-refractivity contribution in [3.8, 4) is 6.07 Å². The van der Waals surface area contributed by atoms with Crippen molar-refractivity contribution in [1.82, 2.24) is 5.32 Å². The Morgan fingerprint density at radius 1 is 1.25 bits per heavy atom. The number of hydrogen-bond acceptors (Lipinski definition) is 4. The molecule has 3 unspecified atom stereocenters. The second-order valence-corrected chi connectivity index (χ2v) is 7.21. The zero-order chi connectivity index (χ0) is 11.6. The van der Waals surface area contributed by atoms with Gasteiger partial charge in [-0.3, -0.25) is 0 Å². The van der Waals surface area contributed by atoms with Gasteiger partial charge in [-0.2, -0.15) is 5.26 Å². The summed E-state index contributed by atoms with van der Waals surface area (Å²) >= 11 is 0. The minimum atomic E-state index is -2.85. The number of rotatable bonds is 3.